The van der Waals surface area contributed by atoms with Gasteiger partial charge in [0, 0.05) is 35.3 Å². The fraction of sp³-hybridized carbons (Fsp3) is 0.400. The van der Waals surface area contributed by atoms with Crippen molar-refractivity contribution in [1.82, 2.24) is 19.7 Å². The van der Waals surface area contributed by atoms with Gasteiger partial charge in [0.15, 0.2) is 5.65 Å². The van der Waals surface area contributed by atoms with Crippen LogP contribution in [0.3, 0.4) is 0 Å². The average Bonchev–Trinajstić information content (AvgIpc) is 2.96. The highest BCUT2D eigenvalue weighted by molar-refractivity contribution is 6.31. The minimum absolute atomic E-state index is 0.133. The molecule has 0 unspecified atom stereocenters. The van der Waals surface area contributed by atoms with Gasteiger partial charge in [-0.25, -0.2) is 0 Å². The maximum absolute atomic E-state index is 10.3. The van der Waals surface area contributed by atoms with Crippen LogP contribution in [-0.2, 0) is 6.54 Å². The van der Waals surface area contributed by atoms with Crippen LogP contribution < -0.4 is 0 Å². The van der Waals surface area contributed by atoms with Gasteiger partial charge in [-0.2, -0.15) is 0 Å². The number of phenols is 1. The zero-order chi connectivity index (χ0) is 18.3. The van der Waals surface area contributed by atoms with Crippen molar-refractivity contribution in [3.63, 3.8) is 0 Å². The van der Waals surface area contributed by atoms with E-state index >= 15 is 0 Å². The van der Waals surface area contributed by atoms with Crippen LogP contribution in [0.4, 0.5) is 0 Å². The number of likely N-dealkylation sites (tertiary alicyclic amines) is 1. The molecule has 1 aliphatic rings. The van der Waals surface area contributed by atoms with Crippen LogP contribution >= 0.6 is 11.6 Å². The van der Waals surface area contributed by atoms with Crippen molar-refractivity contribution in [2.24, 2.45) is 5.92 Å². The monoisotopic (exact) mass is 370 g/mol. The number of nitrogens with zero attached hydrogens (tertiary/aromatic N) is 4. The van der Waals surface area contributed by atoms with Crippen LogP contribution in [0.5, 0.6) is 5.75 Å². The van der Waals surface area contributed by atoms with Gasteiger partial charge in [0.1, 0.15) is 5.75 Å². The van der Waals surface area contributed by atoms with Gasteiger partial charge in [0.05, 0.1) is 5.69 Å². The smallest absolute Gasteiger partial charge is 0.162 e. The second kappa shape index (κ2) is 6.89. The number of halogens is 1. The predicted octanol–water partition coefficient (Wildman–Crippen LogP) is 4.11. The average molecular weight is 371 g/mol. The van der Waals surface area contributed by atoms with E-state index in [1.807, 2.05) is 19.1 Å². The molecule has 26 heavy (non-hydrogen) atoms. The van der Waals surface area contributed by atoms with Gasteiger partial charge in [-0.3, -0.25) is 0 Å². The third-order valence-corrected chi connectivity index (χ3v) is 5.44. The Morgan fingerprint density at radius 3 is 2.88 bits per heavy atom. The summed E-state index contributed by atoms with van der Waals surface area (Å²) in [4.78, 5) is 2.40. The number of phenolic OH excluding ortho intramolecular Hbond substituents is 1. The number of piperidine rings is 1. The van der Waals surface area contributed by atoms with Gasteiger partial charge in [0.2, 0.25) is 0 Å². The molecule has 1 saturated heterocycles. The predicted molar refractivity (Wildman–Crippen MR) is 105 cm³/mol. The Bertz CT molecular complexity index is 929. The zero-order valence-corrected chi connectivity index (χ0v) is 15.9. The molecule has 0 bridgehead atoms. The highest BCUT2D eigenvalue weighted by Crippen LogP contribution is 2.34. The molecule has 3 heterocycles. The van der Waals surface area contributed by atoms with Crippen LogP contribution in [0.1, 0.15) is 18.4 Å². The Hall–Kier alpha value is -2.11. The van der Waals surface area contributed by atoms with Gasteiger partial charge in [0.25, 0.3) is 0 Å². The fourth-order valence-corrected chi connectivity index (χ4v) is 4.28. The van der Waals surface area contributed by atoms with E-state index < -0.39 is 0 Å². The summed E-state index contributed by atoms with van der Waals surface area (Å²) in [5, 5.41) is 20.7. The van der Waals surface area contributed by atoms with Crippen molar-refractivity contribution in [3.8, 4) is 17.0 Å². The first-order valence-electron chi connectivity index (χ1n) is 9.02. The lowest BCUT2D eigenvalue weighted by Gasteiger charge is -2.29. The van der Waals surface area contributed by atoms with Crippen molar-refractivity contribution >= 4 is 22.6 Å². The number of benzene rings is 1. The summed E-state index contributed by atoms with van der Waals surface area (Å²) in [5.41, 5.74) is 3.13. The lowest BCUT2D eigenvalue weighted by atomic mass is 9.98. The Labute approximate surface area is 158 Å². The van der Waals surface area contributed by atoms with Gasteiger partial charge in [-0.05, 0) is 69.1 Å². The molecule has 3 aromatic rings. The van der Waals surface area contributed by atoms with E-state index in [0.29, 0.717) is 22.2 Å². The van der Waals surface area contributed by atoms with E-state index in [2.05, 4.69) is 39.0 Å². The fourth-order valence-electron chi connectivity index (χ4n) is 4.02. The molecule has 0 aliphatic carbocycles. The number of aromatic hydroxyl groups is 1. The van der Waals surface area contributed by atoms with Crippen LogP contribution in [0.25, 0.3) is 22.3 Å². The van der Waals surface area contributed by atoms with Crippen LogP contribution in [0.2, 0.25) is 5.02 Å². The van der Waals surface area contributed by atoms with Crippen molar-refractivity contribution in [2.45, 2.75) is 26.3 Å². The highest BCUT2D eigenvalue weighted by Gasteiger charge is 2.19. The molecular formula is C20H23ClN4O. The third kappa shape index (κ3) is 3.29. The molecule has 1 fully saturated rings. The number of rotatable bonds is 3. The summed E-state index contributed by atoms with van der Waals surface area (Å²) in [6.07, 6.45) is 4.60. The van der Waals surface area contributed by atoms with Crippen molar-refractivity contribution in [2.75, 3.05) is 20.1 Å². The quantitative estimate of drug-likeness (QED) is 0.753. The Balaban J connectivity index is 1.66. The van der Waals surface area contributed by atoms with Crippen LogP contribution in [-0.4, -0.2) is 44.9 Å². The maximum Gasteiger partial charge on any atom is 0.162 e. The van der Waals surface area contributed by atoms with E-state index in [0.717, 1.165) is 29.7 Å². The summed E-state index contributed by atoms with van der Waals surface area (Å²) >= 11 is 6.01. The van der Waals surface area contributed by atoms with Gasteiger partial charge < -0.3 is 14.6 Å². The van der Waals surface area contributed by atoms with Gasteiger partial charge >= 0.3 is 0 Å². The minimum Gasteiger partial charge on any atom is -0.507 e. The van der Waals surface area contributed by atoms with Crippen molar-refractivity contribution in [3.05, 3.63) is 41.0 Å². The Morgan fingerprint density at radius 2 is 2.12 bits per heavy atom. The van der Waals surface area contributed by atoms with Crippen LogP contribution in [0.15, 0.2) is 30.5 Å². The first-order chi connectivity index (χ1) is 12.5. The summed E-state index contributed by atoms with van der Waals surface area (Å²) in [7, 11) is 2.19. The molecule has 1 N–H and O–H groups in total. The number of aryl methyl sites for hydroxylation is 1. The summed E-state index contributed by atoms with van der Waals surface area (Å²) < 4.78 is 2.20. The number of hydrogen-bond acceptors (Lipinski definition) is 4. The van der Waals surface area contributed by atoms with Gasteiger partial charge in [-0.1, -0.05) is 11.6 Å². The first-order valence-corrected chi connectivity index (χ1v) is 9.39. The number of hydrogen-bond donors (Lipinski definition) is 1. The first kappa shape index (κ1) is 17.3. The molecule has 4 rings (SSSR count). The summed E-state index contributed by atoms with van der Waals surface area (Å²) in [5.74, 6) is 0.779. The lowest BCUT2D eigenvalue weighted by Crippen LogP contribution is -2.34. The van der Waals surface area contributed by atoms with E-state index in [4.69, 9.17) is 11.6 Å². The Morgan fingerprint density at radius 1 is 1.27 bits per heavy atom. The van der Waals surface area contributed by atoms with Crippen molar-refractivity contribution in [1.29, 1.82) is 0 Å². The minimum atomic E-state index is 0.133. The summed E-state index contributed by atoms with van der Waals surface area (Å²) in [6, 6.07) is 7.43. The molecule has 2 aromatic heterocycles. The molecule has 1 aromatic carbocycles. The van der Waals surface area contributed by atoms with Gasteiger partial charge in [-0.15, -0.1) is 10.2 Å². The second-order valence-electron chi connectivity index (χ2n) is 7.36. The molecule has 5 nitrogen and oxygen atoms in total. The molecular weight excluding hydrogens is 348 g/mol. The standard InChI is InChI=1S/C20H23ClN4O/c1-13-8-16(21)10-18(26)19(13)17-9-15-5-7-25(20(15)23-22-17)12-14-4-3-6-24(2)11-14/h5,7-10,14,26H,3-4,6,11-12H2,1-2H3/t14-/m0/s1. The Kier molecular flexibility index (Phi) is 4.59. The molecule has 0 radical (unpaired) electrons. The maximum atomic E-state index is 10.3. The third-order valence-electron chi connectivity index (χ3n) is 5.22. The molecule has 0 amide bonds. The lowest BCUT2D eigenvalue weighted by molar-refractivity contribution is 0.195. The molecule has 1 aliphatic heterocycles. The van der Waals surface area contributed by atoms with Crippen molar-refractivity contribution < 1.29 is 5.11 Å². The topological polar surface area (TPSA) is 54.2 Å². The molecule has 0 spiro atoms. The van der Waals surface area contributed by atoms with E-state index in [1.165, 1.54) is 19.4 Å². The molecule has 136 valence electrons. The van der Waals surface area contributed by atoms with E-state index in [-0.39, 0.29) is 5.75 Å². The normalized spacial score (nSPS) is 18.5. The highest BCUT2D eigenvalue weighted by atomic mass is 35.5. The second-order valence-corrected chi connectivity index (χ2v) is 7.80. The largest absolute Gasteiger partial charge is 0.507 e. The SMILES string of the molecule is Cc1cc(Cl)cc(O)c1-c1cc2ccn(C[C@H]3CCCN(C)C3)c2nn1. The molecule has 0 saturated carbocycles. The number of aromatic nitrogens is 3. The zero-order valence-electron chi connectivity index (χ0n) is 15.1. The molecule has 1 atom stereocenters. The molecule has 6 heteroatoms. The van der Waals surface area contributed by atoms with Crippen LogP contribution in [0, 0.1) is 12.8 Å². The number of fused-ring (bicyclic) bond motifs is 1. The van der Waals surface area contributed by atoms with E-state index in [1.54, 1.807) is 6.07 Å². The van der Waals surface area contributed by atoms with E-state index in [9.17, 15) is 5.11 Å². The summed E-state index contributed by atoms with van der Waals surface area (Å²) in [6.45, 7) is 5.20.